The van der Waals surface area contributed by atoms with Crippen LogP contribution < -0.4 is 0 Å². The Bertz CT molecular complexity index is 780. The van der Waals surface area contributed by atoms with Gasteiger partial charge in [-0.15, -0.1) is 0 Å². The number of carboxylic acids is 1. The summed E-state index contributed by atoms with van der Waals surface area (Å²) in [6.07, 6.45) is 3.35. The Balaban J connectivity index is 2.35. The summed E-state index contributed by atoms with van der Waals surface area (Å²) in [5, 5.41) is 10.6. The third kappa shape index (κ3) is 1.86. The van der Waals surface area contributed by atoms with Crippen molar-refractivity contribution in [1.29, 1.82) is 0 Å². The topological polar surface area (TPSA) is 55.1 Å². The van der Waals surface area contributed by atoms with Gasteiger partial charge in [0.05, 0.1) is 16.2 Å². The monoisotopic (exact) mass is 272 g/mol. The fraction of sp³-hybridized carbons (Fsp3) is 0. The Hall–Kier alpha value is -2.33. The Kier molecular flexibility index (Phi) is 2.72. The molecule has 0 saturated carbocycles. The standard InChI is InChI=1S/C14H9ClN2O2/c15-10-5-6-11(13-9(10)3-1-7-16-13)17-8-2-4-12(17)14(18)19/h1-8H,(H,18,19). The van der Waals surface area contributed by atoms with E-state index in [2.05, 4.69) is 4.98 Å². The summed E-state index contributed by atoms with van der Waals surface area (Å²) < 4.78 is 1.59. The molecule has 0 amide bonds. The van der Waals surface area contributed by atoms with Crippen LogP contribution in [-0.2, 0) is 0 Å². The summed E-state index contributed by atoms with van der Waals surface area (Å²) >= 11 is 6.13. The molecule has 2 heterocycles. The minimum absolute atomic E-state index is 0.189. The summed E-state index contributed by atoms with van der Waals surface area (Å²) in [6.45, 7) is 0. The van der Waals surface area contributed by atoms with E-state index in [0.717, 1.165) is 5.39 Å². The van der Waals surface area contributed by atoms with Crippen LogP contribution in [0.1, 0.15) is 10.5 Å². The number of aromatic nitrogens is 2. The van der Waals surface area contributed by atoms with Crippen molar-refractivity contribution < 1.29 is 9.90 Å². The first-order chi connectivity index (χ1) is 9.18. The van der Waals surface area contributed by atoms with Crippen LogP contribution in [0.2, 0.25) is 5.02 Å². The van der Waals surface area contributed by atoms with Gasteiger partial charge in [0.25, 0.3) is 0 Å². The van der Waals surface area contributed by atoms with Crippen molar-refractivity contribution in [3.63, 3.8) is 0 Å². The Morgan fingerprint density at radius 2 is 2.05 bits per heavy atom. The van der Waals surface area contributed by atoms with Crippen LogP contribution in [0.5, 0.6) is 0 Å². The van der Waals surface area contributed by atoms with E-state index in [9.17, 15) is 9.90 Å². The molecule has 0 bridgehead atoms. The minimum Gasteiger partial charge on any atom is -0.477 e. The van der Waals surface area contributed by atoms with E-state index in [4.69, 9.17) is 11.6 Å². The number of fused-ring (bicyclic) bond motifs is 1. The van der Waals surface area contributed by atoms with E-state index < -0.39 is 5.97 Å². The van der Waals surface area contributed by atoms with Gasteiger partial charge in [0.15, 0.2) is 0 Å². The van der Waals surface area contributed by atoms with Gasteiger partial charge in [-0.2, -0.15) is 0 Å². The molecule has 0 aliphatic heterocycles. The Morgan fingerprint density at radius 1 is 1.21 bits per heavy atom. The molecular weight excluding hydrogens is 264 g/mol. The molecule has 94 valence electrons. The SMILES string of the molecule is O=C(O)c1cccn1-c1ccc(Cl)c2cccnc12. The number of hydrogen-bond acceptors (Lipinski definition) is 2. The fourth-order valence-corrected chi connectivity index (χ4v) is 2.30. The summed E-state index contributed by atoms with van der Waals surface area (Å²) in [6, 6.07) is 10.4. The molecule has 0 radical (unpaired) electrons. The molecule has 19 heavy (non-hydrogen) atoms. The molecule has 3 aromatic rings. The maximum atomic E-state index is 11.2. The highest BCUT2D eigenvalue weighted by Gasteiger charge is 2.13. The van der Waals surface area contributed by atoms with Gasteiger partial charge in [0, 0.05) is 17.8 Å². The molecule has 5 heteroatoms. The average molecular weight is 273 g/mol. The summed E-state index contributed by atoms with van der Waals surface area (Å²) in [5.74, 6) is -0.982. The molecule has 1 N–H and O–H groups in total. The lowest BCUT2D eigenvalue weighted by Crippen LogP contribution is -2.06. The molecule has 0 saturated heterocycles. The van der Waals surface area contributed by atoms with Gasteiger partial charge >= 0.3 is 5.97 Å². The highest BCUT2D eigenvalue weighted by molar-refractivity contribution is 6.35. The predicted octanol–water partition coefficient (Wildman–Crippen LogP) is 3.38. The number of carbonyl (C=O) groups is 1. The van der Waals surface area contributed by atoms with Crippen LogP contribution in [0.3, 0.4) is 0 Å². The van der Waals surface area contributed by atoms with Crippen molar-refractivity contribution in [2.75, 3.05) is 0 Å². The van der Waals surface area contributed by atoms with Gasteiger partial charge < -0.3 is 9.67 Å². The number of carboxylic acid groups (broad SMARTS) is 1. The van der Waals surface area contributed by atoms with Gasteiger partial charge in [0.1, 0.15) is 5.69 Å². The minimum atomic E-state index is -0.982. The molecule has 2 aromatic heterocycles. The molecule has 0 aliphatic carbocycles. The van der Waals surface area contributed by atoms with Crippen molar-refractivity contribution in [1.82, 2.24) is 9.55 Å². The smallest absolute Gasteiger partial charge is 0.352 e. The number of benzene rings is 1. The first-order valence-electron chi connectivity index (χ1n) is 5.63. The van der Waals surface area contributed by atoms with E-state index in [1.807, 2.05) is 6.07 Å². The number of rotatable bonds is 2. The van der Waals surface area contributed by atoms with Gasteiger partial charge in [0.2, 0.25) is 0 Å². The highest BCUT2D eigenvalue weighted by atomic mass is 35.5. The molecule has 3 rings (SSSR count). The largest absolute Gasteiger partial charge is 0.477 e. The molecular formula is C14H9ClN2O2. The van der Waals surface area contributed by atoms with Crippen LogP contribution in [0.25, 0.3) is 16.6 Å². The number of halogens is 1. The lowest BCUT2D eigenvalue weighted by Gasteiger charge is -2.10. The zero-order valence-corrected chi connectivity index (χ0v) is 10.5. The maximum absolute atomic E-state index is 11.2. The lowest BCUT2D eigenvalue weighted by atomic mass is 10.2. The molecule has 1 aromatic carbocycles. The third-order valence-corrected chi connectivity index (χ3v) is 3.25. The van der Waals surface area contributed by atoms with Crippen LogP contribution in [-0.4, -0.2) is 20.6 Å². The van der Waals surface area contributed by atoms with Crippen molar-refractivity contribution in [2.24, 2.45) is 0 Å². The zero-order valence-electron chi connectivity index (χ0n) is 9.75. The van der Waals surface area contributed by atoms with E-state index >= 15 is 0 Å². The summed E-state index contributed by atoms with van der Waals surface area (Å²) in [7, 11) is 0. The quantitative estimate of drug-likeness (QED) is 0.778. The first kappa shape index (κ1) is 11.7. The second-order valence-electron chi connectivity index (χ2n) is 4.03. The van der Waals surface area contributed by atoms with E-state index in [1.54, 1.807) is 47.3 Å². The van der Waals surface area contributed by atoms with E-state index in [0.29, 0.717) is 16.2 Å². The molecule has 0 atom stereocenters. The van der Waals surface area contributed by atoms with Crippen molar-refractivity contribution in [2.45, 2.75) is 0 Å². The van der Waals surface area contributed by atoms with Gasteiger partial charge in [-0.05, 0) is 36.4 Å². The predicted molar refractivity (Wildman–Crippen MR) is 73.0 cm³/mol. The number of aromatic carboxylic acids is 1. The molecule has 0 aliphatic rings. The van der Waals surface area contributed by atoms with E-state index in [1.165, 1.54) is 0 Å². The Labute approximate surface area is 113 Å². The van der Waals surface area contributed by atoms with Crippen LogP contribution in [0.15, 0.2) is 48.8 Å². The van der Waals surface area contributed by atoms with Gasteiger partial charge in [-0.25, -0.2) is 4.79 Å². The van der Waals surface area contributed by atoms with Crippen LogP contribution in [0.4, 0.5) is 0 Å². The number of pyridine rings is 1. The molecule has 4 nitrogen and oxygen atoms in total. The second kappa shape index (κ2) is 4.40. The fourth-order valence-electron chi connectivity index (χ4n) is 2.08. The van der Waals surface area contributed by atoms with Gasteiger partial charge in [-0.1, -0.05) is 11.6 Å². The summed E-state index contributed by atoms with van der Waals surface area (Å²) in [4.78, 5) is 15.5. The molecule has 0 fully saturated rings. The lowest BCUT2D eigenvalue weighted by molar-refractivity contribution is 0.0688. The molecule has 0 unspecified atom stereocenters. The number of nitrogens with zero attached hydrogens (tertiary/aromatic N) is 2. The van der Waals surface area contributed by atoms with Crippen LogP contribution in [0, 0.1) is 0 Å². The van der Waals surface area contributed by atoms with Crippen molar-refractivity contribution >= 4 is 28.5 Å². The second-order valence-corrected chi connectivity index (χ2v) is 4.44. The highest BCUT2D eigenvalue weighted by Crippen LogP contribution is 2.28. The normalized spacial score (nSPS) is 10.8. The Morgan fingerprint density at radius 3 is 2.84 bits per heavy atom. The zero-order chi connectivity index (χ0) is 13.4. The van der Waals surface area contributed by atoms with E-state index in [-0.39, 0.29) is 5.69 Å². The third-order valence-electron chi connectivity index (χ3n) is 2.92. The molecule has 0 spiro atoms. The van der Waals surface area contributed by atoms with Gasteiger partial charge in [-0.3, -0.25) is 4.98 Å². The van der Waals surface area contributed by atoms with Crippen molar-refractivity contribution in [3.05, 3.63) is 59.5 Å². The first-order valence-corrected chi connectivity index (χ1v) is 6.00. The van der Waals surface area contributed by atoms with Crippen molar-refractivity contribution in [3.8, 4) is 5.69 Å². The number of hydrogen-bond donors (Lipinski definition) is 1. The van der Waals surface area contributed by atoms with Crippen LogP contribution >= 0.6 is 11.6 Å². The summed E-state index contributed by atoms with van der Waals surface area (Å²) in [5.41, 5.74) is 1.56. The average Bonchev–Trinajstić information content (AvgIpc) is 2.89. The maximum Gasteiger partial charge on any atom is 0.352 e.